The van der Waals surface area contributed by atoms with Gasteiger partial charge in [-0.1, -0.05) is 22.0 Å². The summed E-state index contributed by atoms with van der Waals surface area (Å²) >= 11 is 3.30. The fraction of sp³-hybridized carbons (Fsp3) is 0.462. The van der Waals surface area contributed by atoms with Gasteiger partial charge in [-0.25, -0.2) is 18.0 Å². The van der Waals surface area contributed by atoms with Gasteiger partial charge in [0.05, 0.1) is 49.4 Å². The summed E-state index contributed by atoms with van der Waals surface area (Å²) < 4.78 is 53.1. The number of aliphatic hydroxyl groups is 2. The fourth-order valence-electron chi connectivity index (χ4n) is 4.40. The maximum absolute atomic E-state index is 14.6. The summed E-state index contributed by atoms with van der Waals surface area (Å²) in [6.07, 6.45) is -0.742. The van der Waals surface area contributed by atoms with Crippen LogP contribution in [0.5, 0.6) is 0 Å². The first-order valence-electron chi connectivity index (χ1n) is 12.4. The molecule has 2 heterocycles. The molecule has 0 saturated carbocycles. The quantitative estimate of drug-likeness (QED) is 0.171. The molecule has 1 aliphatic heterocycles. The average molecular weight is 617 g/mol. The number of ether oxygens (including phenoxy) is 2. The van der Waals surface area contributed by atoms with E-state index in [1.165, 1.54) is 18.2 Å². The fourth-order valence-corrected chi connectivity index (χ4v) is 5.00. The van der Waals surface area contributed by atoms with Crippen LogP contribution in [0.3, 0.4) is 0 Å². The largest absolute Gasteiger partial charge is 0.463 e. The lowest BCUT2D eigenvalue weighted by molar-refractivity contribution is -0.139. The van der Waals surface area contributed by atoms with E-state index in [0.717, 1.165) is 6.20 Å². The Morgan fingerprint density at radius 2 is 2.05 bits per heavy atom. The van der Waals surface area contributed by atoms with Crippen molar-refractivity contribution >= 4 is 21.9 Å². The number of rotatable bonds is 11. The SMILES string of the molecule is CCOC(=O)/C(=C(\CN1CCOCC1CC(O)O)NC(C)c1ncc(F)cc1F)C(N)c1ccc(F)cc1Br. The summed E-state index contributed by atoms with van der Waals surface area (Å²) in [7, 11) is 0. The van der Waals surface area contributed by atoms with E-state index in [4.69, 9.17) is 15.2 Å². The number of carbonyl (C=O) groups excluding carboxylic acids is 1. The standard InChI is InChI=1S/C26H32BrF3N4O5/c1-3-39-26(37)23(24(31)18-5-4-15(28)8-19(18)27)21(12-34-6-7-38-13-17(34)10-22(35)36)33-14(2)25-20(30)9-16(29)11-32-25/h4-5,8-9,11,14,17,22,24,33,35-36H,3,6-7,10,12-13,31H2,1-2H3/b23-21+. The van der Waals surface area contributed by atoms with Gasteiger partial charge in [0, 0.05) is 41.8 Å². The molecule has 5 N–H and O–H groups in total. The Hall–Kier alpha value is -2.55. The first-order valence-corrected chi connectivity index (χ1v) is 13.2. The molecule has 1 aromatic heterocycles. The Bertz CT molecular complexity index is 1190. The zero-order chi connectivity index (χ0) is 28.7. The van der Waals surface area contributed by atoms with Crippen LogP contribution >= 0.6 is 15.9 Å². The summed E-state index contributed by atoms with van der Waals surface area (Å²) in [5.41, 5.74) is 7.12. The summed E-state index contributed by atoms with van der Waals surface area (Å²) in [6, 6.07) is 2.18. The van der Waals surface area contributed by atoms with Crippen molar-refractivity contribution in [2.24, 2.45) is 5.73 Å². The van der Waals surface area contributed by atoms with Gasteiger partial charge in [-0.2, -0.15) is 0 Å². The second-order valence-corrected chi connectivity index (χ2v) is 9.91. The highest BCUT2D eigenvalue weighted by atomic mass is 79.9. The van der Waals surface area contributed by atoms with Crippen LogP contribution in [0, 0.1) is 17.5 Å². The molecule has 13 heteroatoms. The van der Waals surface area contributed by atoms with Crippen LogP contribution in [0.1, 0.15) is 43.6 Å². The molecule has 0 bridgehead atoms. The summed E-state index contributed by atoms with van der Waals surface area (Å²) in [4.78, 5) is 19.1. The van der Waals surface area contributed by atoms with Gasteiger partial charge in [0.1, 0.15) is 17.5 Å². The molecule has 39 heavy (non-hydrogen) atoms. The molecule has 0 spiro atoms. The van der Waals surface area contributed by atoms with Crippen LogP contribution in [0.4, 0.5) is 13.2 Å². The van der Waals surface area contributed by atoms with Crippen LogP contribution in [0.15, 0.2) is 46.2 Å². The molecule has 0 radical (unpaired) electrons. The number of aliphatic hydroxyl groups excluding tert-OH is 1. The molecule has 2 aromatic rings. The van der Waals surface area contributed by atoms with Crippen molar-refractivity contribution in [2.45, 2.75) is 44.7 Å². The second kappa shape index (κ2) is 14.2. The number of aromatic nitrogens is 1. The number of hydrogen-bond donors (Lipinski definition) is 4. The maximum atomic E-state index is 14.6. The minimum absolute atomic E-state index is 0.00619. The minimum Gasteiger partial charge on any atom is -0.463 e. The summed E-state index contributed by atoms with van der Waals surface area (Å²) in [6.45, 7) is 4.22. The van der Waals surface area contributed by atoms with Crippen LogP contribution in [0.2, 0.25) is 0 Å². The molecule has 0 amide bonds. The van der Waals surface area contributed by atoms with Gasteiger partial charge in [0.25, 0.3) is 0 Å². The van der Waals surface area contributed by atoms with E-state index in [-0.39, 0.29) is 43.1 Å². The van der Waals surface area contributed by atoms with Crippen LogP contribution in [-0.4, -0.2) is 71.3 Å². The van der Waals surface area contributed by atoms with E-state index in [0.29, 0.717) is 29.3 Å². The summed E-state index contributed by atoms with van der Waals surface area (Å²) in [5.74, 6) is -2.99. The van der Waals surface area contributed by atoms with Crippen molar-refractivity contribution < 1.29 is 37.7 Å². The van der Waals surface area contributed by atoms with Crippen molar-refractivity contribution in [2.75, 3.05) is 32.9 Å². The van der Waals surface area contributed by atoms with Gasteiger partial charge >= 0.3 is 5.97 Å². The van der Waals surface area contributed by atoms with E-state index < -0.39 is 47.8 Å². The Balaban J connectivity index is 2.13. The topological polar surface area (TPSA) is 130 Å². The second-order valence-electron chi connectivity index (χ2n) is 9.06. The number of carbonyl (C=O) groups is 1. The number of nitrogens with one attached hydrogen (secondary N) is 1. The molecule has 1 aromatic carbocycles. The molecule has 3 unspecified atom stereocenters. The zero-order valence-electron chi connectivity index (χ0n) is 21.5. The number of morpholine rings is 1. The van der Waals surface area contributed by atoms with Gasteiger partial charge in [-0.05, 0) is 31.5 Å². The normalized spacial score (nSPS) is 18.5. The van der Waals surface area contributed by atoms with Gasteiger partial charge in [-0.15, -0.1) is 0 Å². The van der Waals surface area contributed by atoms with Gasteiger partial charge < -0.3 is 30.7 Å². The average Bonchev–Trinajstić information content (AvgIpc) is 2.85. The molecular formula is C26H32BrF3N4O5. The minimum atomic E-state index is -1.60. The number of esters is 1. The van der Waals surface area contributed by atoms with E-state index in [2.05, 4.69) is 26.2 Å². The molecule has 1 fully saturated rings. The highest BCUT2D eigenvalue weighted by Crippen LogP contribution is 2.31. The maximum Gasteiger partial charge on any atom is 0.337 e. The molecule has 0 aliphatic carbocycles. The van der Waals surface area contributed by atoms with Gasteiger partial charge in [0.2, 0.25) is 0 Å². The van der Waals surface area contributed by atoms with Gasteiger partial charge in [0.15, 0.2) is 6.29 Å². The predicted molar refractivity (Wildman–Crippen MR) is 139 cm³/mol. The molecule has 3 rings (SSSR count). The van der Waals surface area contributed by atoms with Crippen LogP contribution in [-0.2, 0) is 14.3 Å². The smallest absolute Gasteiger partial charge is 0.337 e. The Morgan fingerprint density at radius 3 is 2.69 bits per heavy atom. The third-order valence-corrected chi connectivity index (χ3v) is 6.95. The molecular weight excluding hydrogens is 585 g/mol. The Morgan fingerprint density at radius 1 is 1.31 bits per heavy atom. The molecule has 214 valence electrons. The lowest BCUT2D eigenvalue weighted by Crippen LogP contribution is -2.49. The number of pyridine rings is 1. The third kappa shape index (κ3) is 8.22. The van der Waals surface area contributed by atoms with Crippen molar-refractivity contribution in [1.82, 2.24) is 15.2 Å². The van der Waals surface area contributed by atoms with E-state index in [1.54, 1.807) is 13.8 Å². The first-order chi connectivity index (χ1) is 18.5. The predicted octanol–water partition coefficient (Wildman–Crippen LogP) is 2.83. The first kappa shape index (κ1) is 31.0. The molecule has 1 aliphatic rings. The lowest BCUT2D eigenvalue weighted by Gasteiger charge is -2.37. The van der Waals surface area contributed by atoms with Crippen LogP contribution in [0.25, 0.3) is 0 Å². The van der Waals surface area contributed by atoms with Crippen molar-refractivity contribution in [3.63, 3.8) is 0 Å². The monoisotopic (exact) mass is 616 g/mol. The zero-order valence-corrected chi connectivity index (χ0v) is 23.1. The summed E-state index contributed by atoms with van der Waals surface area (Å²) in [5, 5.41) is 22.3. The molecule has 1 saturated heterocycles. The Labute approximate surface area is 232 Å². The number of nitrogens with two attached hydrogens (primary N) is 1. The number of benzene rings is 1. The highest BCUT2D eigenvalue weighted by molar-refractivity contribution is 9.10. The Kier molecular flexibility index (Phi) is 11.3. The number of halogens is 4. The van der Waals surface area contributed by atoms with Crippen molar-refractivity contribution in [1.29, 1.82) is 0 Å². The number of nitrogens with zero attached hydrogens (tertiary/aromatic N) is 2. The lowest BCUT2D eigenvalue weighted by atomic mass is 9.96. The van der Waals surface area contributed by atoms with E-state index >= 15 is 0 Å². The van der Waals surface area contributed by atoms with E-state index in [9.17, 15) is 28.2 Å². The highest BCUT2D eigenvalue weighted by Gasteiger charge is 2.32. The number of hydrogen-bond acceptors (Lipinski definition) is 9. The van der Waals surface area contributed by atoms with Gasteiger partial charge in [-0.3, -0.25) is 9.88 Å². The van der Waals surface area contributed by atoms with Crippen molar-refractivity contribution in [3.05, 3.63) is 74.9 Å². The molecule has 3 atom stereocenters. The third-order valence-electron chi connectivity index (χ3n) is 6.26. The van der Waals surface area contributed by atoms with E-state index in [1.807, 2.05) is 4.90 Å². The van der Waals surface area contributed by atoms with Crippen molar-refractivity contribution in [3.8, 4) is 0 Å². The van der Waals surface area contributed by atoms with Crippen LogP contribution < -0.4 is 11.1 Å². The molecule has 9 nitrogen and oxygen atoms in total.